The number of halogens is 1. The normalized spacial score (nSPS) is 10.4. The van der Waals surface area contributed by atoms with Gasteiger partial charge in [0.05, 0.1) is 37.8 Å². The predicted molar refractivity (Wildman–Crippen MR) is 120 cm³/mol. The summed E-state index contributed by atoms with van der Waals surface area (Å²) in [6.07, 6.45) is 0. The summed E-state index contributed by atoms with van der Waals surface area (Å²) in [6, 6.07) is 10.7. The zero-order chi connectivity index (χ0) is 21.5. The molecule has 158 valence electrons. The Bertz CT molecular complexity index is 1030. The number of ether oxygens (including phenoxy) is 3. The molecule has 0 bridgehead atoms. The van der Waals surface area contributed by atoms with Gasteiger partial charge in [-0.05, 0) is 12.1 Å². The Morgan fingerprint density at radius 3 is 2.63 bits per heavy atom. The number of methoxy groups -OCH3 is 3. The highest BCUT2D eigenvalue weighted by molar-refractivity contribution is 8.01. The van der Waals surface area contributed by atoms with E-state index in [-0.39, 0.29) is 11.7 Å². The quantitative estimate of drug-likeness (QED) is 0.438. The van der Waals surface area contributed by atoms with E-state index >= 15 is 0 Å². The first-order valence-corrected chi connectivity index (χ1v) is 10.8. The van der Waals surface area contributed by atoms with Crippen molar-refractivity contribution in [3.8, 4) is 17.2 Å². The lowest BCUT2D eigenvalue weighted by atomic mass is 10.2. The summed E-state index contributed by atoms with van der Waals surface area (Å²) in [5, 5.41) is 15.2. The van der Waals surface area contributed by atoms with Crippen LogP contribution >= 0.6 is 34.7 Å². The van der Waals surface area contributed by atoms with Crippen molar-refractivity contribution >= 4 is 57.1 Å². The van der Waals surface area contributed by atoms with Crippen LogP contribution in [0.2, 0.25) is 5.02 Å². The Morgan fingerprint density at radius 2 is 1.90 bits per heavy atom. The van der Waals surface area contributed by atoms with Crippen molar-refractivity contribution in [2.75, 3.05) is 37.7 Å². The van der Waals surface area contributed by atoms with Gasteiger partial charge in [0.25, 0.3) is 0 Å². The van der Waals surface area contributed by atoms with E-state index in [1.54, 1.807) is 19.2 Å². The molecule has 2 aromatic carbocycles. The first kappa shape index (κ1) is 22.0. The van der Waals surface area contributed by atoms with Crippen LogP contribution in [0.15, 0.2) is 40.7 Å². The zero-order valence-electron chi connectivity index (χ0n) is 16.4. The molecule has 0 saturated carbocycles. The molecular formula is C19H19ClN4O4S2. The number of aromatic nitrogens is 2. The maximum atomic E-state index is 12.4. The predicted octanol–water partition coefficient (Wildman–Crippen LogP) is 4.69. The molecule has 0 unspecified atom stereocenters. The average Bonchev–Trinajstić information content (AvgIpc) is 3.20. The smallest absolute Gasteiger partial charge is 0.234 e. The van der Waals surface area contributed by atoms with E-state index in [1.165, 1.54) is 37.3 Å². The largest absolute Gasteiger partial charge is 0.497 e. The number of nitrogens with one attached hydrogen (secondary N) is 2. The molecule has 0 aliphatic carbocycles. The van der Waals surface area contributed by atoms with Crippen molar-refractivity contribution in [3.63, 3.8) is 0 Å². The standard InChI is InChI=1S/C19H19ClN4O4S2/c1-26-12-6-4-5-11(7-12)21-18-23-24-19(30-18)29-10-17(25)22-14-9-15(27-2)13(20)8-16(14)28-3/h4-9H,10H2,1-3H3,(H,21,23)(H,22,25). The Balaban J connectivity index is 1.58. The molecule has 1 amide bonds. The Hall–Kier alpha value is -2.69. The van der Waals surface area contributed by atoms with Gasteiger partial charge in [-0.2, -0.15) is 0 Å². The van der Waals surface area contributed by atoms with Crippen molar-refractivity contribution in [1.82, 2.24) is 10.2 Å². The fourth-order valence-corrected chi connectivity index (χ4v) is 4.22. The highest BCUT2D eigenvalue weighted by atomic mass is 35.5. The van der Waals surface area contributed by atoms with Crippen LogP contribution in [0.4, 0.5) is 16.5 Å². The molecule has 11 heteroatoms. The number of rotatable bonds is 9. The van der Waals surface area contributed by atoms with E-state index in [9.17, 15) is 4.79 Å². The maximum Gasteiger partial charge on any atom is 0.234 e. The molecular weight excluding hydrogens is 448 g/mol. The van der Waals surface area contributed by atoms with Crippen molar-refractivity contribution in [1.29, 1.82) is 0 Å². The SMILES string of the molecule is COc1cccc(Nc2nnc(SCC(=O)Nc3cc(OC)c(Cl)cc3OC)s2)c1. The minimum atomic E-state index is -0.222. The van der Waals surface area contributed by atoms with Gasteiger partial charge in [-0.25, -0.2) is 0 Å². The second-order valence-corrected chi connectivity index (χ2v) is 8.36. The van der Waals surface area contributed by atoms with Gasteiger partial charge in [0, 0.05) is 23.9 Å². The van der Waals surface area contributed by atoms with E-state index in [1.807, 2.05) is 24.3 Å². The Morgan fingerprint density at radius 1 is 1.10 bits per heavy atom. The summed E-state index contributed by atoms with van der Waals surface area (Å²) in [6.45, 7) is 0. The number of carbonyl (C=O) groups excluding carboxylic acids is 1. The third kappa shape index (κ3) is 5.68. The summed E-state index contributed by atoms with van der Waals surface area (Å²) >= 11 is 8.72. The van der Waals surface area contributed by atoms with Crippen LogP contribution in [0.1, 0.15) is 0 Å². The lowest BCUT2D eigenvalue weighted by Crippen LogP contribution is -2.14. The highest BCUT2D eigenvalue weighted by Crippen LogP contribution is 2.36. The first-order valence-electron chi connectivity index (χ1n) is 8.61. The first-order chi connectivity index (χ1) is 14.5. The lowest BCUT2D eigenvalue weighted by Gasteiger charge is -2.12. The molecule has 0 aliphatic rings. The Labute approximate surface area is 186 Å². The number of thioether (sulfide) groups is 1. The number of hydrogen-bond acceptors (Lipinski definition) is 9. The molecule has 0 atom stereocenters. The fraction of sp³-hybridized carbons (Fsp3) is 0.211. The van der Waals surface area contributed by atoms with Crippen molar-refractivity contribution in [2.24, 2.45) is 0 Å². The number of carbonyl (C=O) groups is 1. The van der Waals surface area contributed by atoms with Crippen LogP contribution < -0.4 is 24.8 Å². The number of nitrogens with zero attached hydrogens (tertiary/aromatic N) is 2. The van der Waals surface area contributed by atoms with Crippen LogP contribution in [0.5, 0.6) is 17.2 Å². The highest BCUT2D eigenvalue weighted by Gasteiger charge is 2.14. The summed E-state index contributed by atoms with van der Waals surface area (Å²) < 4.78 is 16.3. The molecule has 0 saturated heterocycles. The van der Waals surface area contributed by atoms with Gasteiger partial charge < -0.3 is 24.8 Å². The van der Waals surface area contributed by atoms with E-state index in [0.717, 1.165) is 11.4 Å². The van der Waals surface area contributed by atoms with Crippen LogP contribution in [-0.4, -0.2) is 43.2 Å². The maximum absolute atomic E-state index is 12.4. The second-order valence-electron chi connectivity index (χ2n) is 5.75. The molecule has 3 rings (SSSR count). The number of anilines is 3. The second kappa shape index (κ2) is 10.4. The van der Waals surface area contributed by atoms with Gasteiger partial charge in [0.15, 0.2) is 4.34 Å². The molecule has 2 N–H and O–H groups in total. The monoisotopic (exact) mass is 466 g/mol. The molecule has 0 aliphatic heterocycles. The van der Waals surface area contributed by atoms with Crippen molar-refractivity contribution in [3.05, 3.63) is 41.4 Å². The molecule has 3 aromatic rings. The summed E-state index contributed by atoms with van der Waals surface area (Å²) in [5.41, 5.74) is 1.31. The van der Waals surface area contributed by atoms with E-state index in [4.69, 9.17) is 25.8 Å². The van der Waals surface area contributed by atoms with Crippen LogP contribution in [0.3, 0.4) is 0 Å². The van der Waals surface area contributed by atoms with Crippen LogP contribution in [0, 0.1) is 0 Å². The molecule has 0 fully saturated rings. The van der Waals surface area contributed by atoms with Crippen molar-refractivity contribution < 1.29 is 19.0 Å². The van der Waals surface area contributed by atoms with E-state index in [2.05, 4.69) is 20.8 Å². The van der Waals surface area contributed by atoms with Gasteiger partial charge in [0.2, 0.25) is 11.0 Å². The van der Waals surface area contributed by atoms with Crippen LogP contribution in [-0.2, 0) is 4.79 Å². The fourth-order valence-electron chi connectivity index (χ4n) is 2.41. The third-order valence-corrected chi connectivity index (χ3v) is 6.07. The summed E-state index contributed by atoms with van der Waals surface area (Å²) in [5.74, 6) is 1.56. The topological polar surface area (TPSA) is 94.6 Å². The van der Waals surface area contributed by atoms with Gasteiger partial charge >= 0.3 is 0 Å². The summed E-state index contributed by atoms with van der Waals surface area (Å²) in [4.78, 5) is 12.4. The van der Waals surface area contributed by atoms with Gasteiger partial charge in [0.1, 0.15) is 17.2 Å². The molecule has 30 heavy (non-hydrogen) atoms. The number of benzene rings is 2. The lowest BCUT2D eigenvalue weighted by molar-refractivity contribution is -0.113. The van der Waals surface area contributed by atoms with Crippen LogP contribution in [0.25, 0.3) is 0 Å². The molecule has 1 aromatic heterocycles. The minimum Gasteiger partial charge on any atom is -0.497 e. The van der Waals surface area contributed by atoms with E-state index < -0.39 is 0 Å². The number of amides is 1. The van der Waals surface area contributed by atoms with Gasteiger partial charge in [-0.3, -0.25) is 4.79 Å². The molecule has 0 radical (unpaired) electrons. The van der Waals surface area contributed by atoms with Gasteiger partial charge in [-0.15, -0.1) is 10.2 Å². The summed E-state index contributed by atoms with van der Waals surface area (Å²) in [7, 11) is 4.61. The van der Waals surface area contributed by atoms with Gasteiger partial charge in [-0.1, -0.05) is 40.8 Å². The number of hydrogen-bond donors (Lipinski definition) is 2. The third-order valence-electron chi connectivity index (χ3n) is 3.80. The minimum absolute atomic E-state index is 0.155. The average molecular weight is 467 g/mol. The Kier molecular flexibility index (Phi) is 7.61. The van der Waals surface area contributed by atoms with E-state index in [0.29, 0.717) is 31.7 Å². The molecule has 1 heterocycles. The molecule has 8 nitrogen and oxygen atoms in total. The zero-order valence-corrected chi connectivity index (χ0v) is 18.8. The van der Waals surface area contributed by atoms with Crippen molar-refractivity contribution in [2.45, 2.75) is 4.34 Å². The molecule has 0 spiro atoms.